The van der Waals surface area contributed by atoms with Crippen molar-refractivity contribution in [2.75, 3.05) is 6.54 Å². The van der Waals surface area contributed by atoms with Gasteiger partial charge in [-0.25, -0.2) is 0 Å². The van der Waals surface area contributed by atoms with Crippen LogP contribution in [-0.4, -0.2) is 29.4 Å². The third-order valence-corrected chi connectivity index (χ3v) is 2.50. The summed E-state index contributed by atoms with van der Waals surface area (Å²) in [4.78, 5) is 13.4. The molecule has 1 amide bonds. The normalized spacial score (nSPS) is 32.6. The number of carbonyl (C=O) groups excluding carboxylic acids is 1. The average Bonchev–Trinajstić information content (AvgIpc) is 2.77. The number of carbonyl (C=O) groups is 1. The lowest BCUT2D eigenvalue weighted by Gasteiger charge is -2.30. The van der Waals surface area contributed by atoms with Gasteiger partial charge in [0.2, 0.25) is 5.91 Å². The molecule has 2 fully saturated rings. The number of nitrogens with zero attached hydrogens (tertiary/aromatic N) is 1. The summed E-state index contributed by atoms with van der Waals surface area (Å²) < 4.78 is 0. The number of likely N-dealkylation sites (tertiary alicyclic amines) is 1. The van der Waals surface area contributed by atoms with Crippen LogP contribution in [0.1, 0.15) is 25.7 Å². The van der Waals surface area contributed by atoms with E-state index in [9.17, 15) is 4.79 Å². The van der Waals surface area contributed by atoms with E-state index >= 15 is 0 Å². The molecule has 1 unspecified atom stereocenters. The third-order valence-electron chi connectivity index (χ3n) is 2.50. The van der Waals surface area contributed by atoms with Crippen LogP contribution >= 0.6 is 0 Å². The molecule has 3 heteroatoms. The summed E-state index contributed by atoms with van der Waals surface area (Å²) in [7, 11) is 0. The Bertz CT molecular complexity index is 177. The van der Waals surface area contributed by atoms with Gasteiger partial charge in [0.25, 0.3) is 0 Å². The van der Waals surface area contributed by atoms with Crippen LogP contribution in [0, 0.1) is 0 Å². The molecule has 2 rings (SSSR count). The molecule has 0 radical (unpaired) electrons. The molecule has 1 aliphatic heterocycles. The Labute approximate surface area is 66.5 Å². The van der Waals surface area contributed by atoms with Crippen molar-refractivity contribution in [2.45, 2.75) is 37.8 Å². The second-order valence-corrected chi connectivity index (χ2v) is 3.51. The van der Waals surface area contributed by atoms with Crippen molar-refractivity contribution in [3.05, 3.63) is 0 Å². The molecule has 0 aromatic rings. The summed E-state index contributed by atoms with van der Waals surface area (Å²) in [5.74, 6) is 0.179. The van der Waals surface area contributed by atoms with Gasteiger partial charge in [0, 0.05) is 12.6 Å². The zero-order valence-electron chi connectivity index (χ0n) is 6.62. The molecule has 2 aliphatic rings. The van der Waals surface area contributed by atoms with Crippen molar-refractivity contribution in [2.24, 2.45) is 5.73 Å². The zero-order valence-corrected chi connectivity index (χ0v) is 6.62. The van der Waals surface area contributed by atoms with Crippen LogP contribution < -0.4 is 5.73 Å². The van der Waals surface area contributed by atoms with Gasteiger partial charge in [0.1, 0.15) is 0 Å². The molecule has 1 saturated heterocycles. The Morgan fingerprint density at radius 2 is 2.09 bits per heavy atom. The molecule has 3 nitrogen and oxygen atoms in total. The van der Waals surface area contributed by atoms with E-state index in [2.05, 4.69) is 0 Å². The minimum Gasteiger partial charge on any atom is -0.338 e. The molecule has 0 aromatic carbocycles. The van der Waals surface area contributed by atoms with Crippen molar-refractivity contribution in [1.29, 1.82) is 0 Å². The van der Waals surface area contributed by atoms with Crippen LogP contribution in [0.5, 0.6) is 0 Å². The summed E-state index contributed by atoms with van der Waals surface area (Å²) in [6, 6.07) is 0.346. The summed E-state index contributed by atoms with van der Waals surface area (Å²) in [6.45, 7) is 0.942. The number of amides is 1. The minimum atomic E-state index is -0.204. The predicted octanol–water partition coefficient (Wildman–Crippen LogP) is 0.0985. The number of hydrogen-bond acceptors (Lipinski definition) is 2. The predicted molar refractivity (Wildman–Crippen MR) is 41.9 cm³/mol. The topological polar surface area (TPSA) is 46.3 Å². The highest BCUT2D eigenvalue weighted by Crippen LogP contribution is 2.29. The van der Waals surface area contributed by atoms with Gasteiger partial charge < -0.3 is 10.6 Å². The van der Waals surface area contributed by atoms with E-state index in [1.165, 1.54) is 12.8 Å². The second kappa shape index (κ2) is 2.48. The molecule has 1 atom stereocenters. The van der Waals surface area contributed by atoms with Crippen molar-refractivity contribution >= 4 is 5.91 Å². The molecule has 1 heterocycles. The smallest absolute Gasteiger partial charge is 0.239 e. The Balaban J connectivity index is 2.01. The van der Waals surface area contributed by atoms with Gasteiger partial charge in [0.05, 0.1) is 6.04 Å². The van der Waals surface area contributed by atoms with E-state index in [1.54, 1.807) is 0 Å². The van der Waals surface area contributed by atoms with E-state index in [0.717, 1.165) is 19.4 Å². The maximum atomic E-state index is 11.4. The lowest BCUT2D eigenvalue weighted by atomic mass is 10.1. The Morgan fingerprint density at radius 3 is 2.73 bits per heavy atom. The van der Waals surface area contributed by atoms with Gasteiger partial charge in [-0.2, -0.15) is 0 Å². The van der Waals surface area contributed by atoms with Gasteiger partial charge in [-0.3, -0.25) is 4.79 Å². The van der Waals surface area contributed by atoms with Crippen LogP contribution in [0.15, 0.2) is 0 Å². The molecule has 11 heavy (non-hydrogen) atoms. The fourth-order valence-corrected chi connectivity index (χ4v) is 1.68. The summed E-state index contributed by atoms with van der Waals surface area (Å²) in [6.07, 6.45) is 4.35. The van der Waals surface area contributed by atoms with Gasteiger partial charge in [-0.05, 0) is 25.7 Å². The zero-order chi connectivity index (χ0) is 7.84. The number of hydrogen-bond donors (Lipinski definition) is 1. The highest BCUT2D eigenvalue weighted by Gasteiger charge is 2.36. The van der Waals surface area contributed by atoms with Gasteiger partial charge in [-0.15, -0.1) is 0 Å². The van der Waals surface area contributed by atoms with Crippen molar-refractivity contribution in [3.63, 3.8) is 0 Å². The Kier molecular flexibility index (Phi) is 1.60. The molecular formula is C8H14N2O. The lowest BCUT2D eigenvalue weighted by molar-refractivity contribution is -0.135. The molecule has 0 spiro atoms. The van der Waals surface area contributed by atoms with Crippen molar-refractivity contribution in [3.8, 4) is 0 Å². The number of nitrogens with two attached hydrogens (primary N) is 1. The monoisotopic (exact) mass is 154 g/mol. The Hall–Kier alpha value is -0.570. The van der Waals surface area contributed by atoms with Crippen molar-refractivity contribution in [1.82, 2.24) is 4.90 Å². The van der Waals surface area contributed by atoms with Gasteiger partial charge in [0.15, 0.2) is 0 Å². The first kappa shape index (κ1) is 7.10. The third kappa shape index (κ3) is 1.25. The molecule has 62 valence electrons. The Morgan fingerprint density at radius 1 is 1.36 bits per heavy atom. The molecule has 1 aliphatic carbocycles. The maximum absolute atomic E-state index is 11.4. The summed E-state index contributed by atoms with van der Waals surface area (Å²) in [5, 5.41) is 0. The summed E-state index contributed by atoms with van der Waals surface area (Å²) >= 11 is 0. The molecule has 1 saturated carbocycles. The summed E-state index contributed by atoms with van der Waals surface area (Å²) in [5.41, 5.74) is 5.64. The molecular weight excluding hydrogens is 140 g/mol. The van der Waals surface area contributed by atoms with Gasteiger partial charge >= 0.3 is 0 Å². The highest BCUT2D eigenvalue weighted by atomic mass is 16.2. The first-order chi connectivity index (χ1) is 5.29. The van der Waals surface area contributed by atoms with E-state index in [1.807, 2.05) is 4.90 Å². The number of piperidine rings is 1. The number of rotatable bonds is 1. The standard InChI is InChI=1S/C8H14N2O/c9-7-2-1-5-10(8(7)11)6-3-4-6/h6-7H,1-5,9H2. The SMILES string of the molecule is NC1CCCN(C2CC2)C1=O. The van der Waals surface area contributed by atoms with E-state index in [-0.39, 0.29) is 11.9 Å². The molecule has 2 N–H and O–H groups in total. The van der Waals surface area contributed by atoms with Crippen LogP contribution in [0.2, 0.25) is 0 Å². The van der Waals surface area contributed by atoms with E-state index in [0.29, 0.717) is 6.04 Å². The molecule has 0 bridgehead atoms. The average molecular weight is 154 g/mol. The van der Waals surface area contributed by atoms with Crippen LogP contribution in [-0.2, 0) is 4.79 Å². The highest BCUT2D eigenvalue weighted by molar-refractivity contribution is 5.82. The second-order valence-electron chi connectivity index (χ2n) is 3.51. The van der Waals surface area contributed by atoms with Gasteiger partial charge in [-0.1, -0.05) is 0 Å². The molecule has 0 aromatic heterocycles. The lowest BCUT2D eigenvalue weighted by Crippen LogP contribution is -2.49. The fraction of sp³-hybridized carbons (Fsp3) is 0.875. The minimum absolute atomic E-state index is 0.179. The van der Waals surface area contributed by atoms with Crippen LogP contribution in [0.3, 0.4) is 0 Å². The maximum Gasteiger partial charge on any atom is 0.239 e. The van der Waals surface area contributed by atoms with E-state index in [4.69, 9.17) is 5.73 Å². The largest absolute Gasteiger partial charge is 0.338 e. The van der Waals surface area contributed by atoms with Crippen molar-refractivity contribution < 1.29 is 4.79 Å². The fourth-order valence-electron chi connectivity index (χ4n) is 1.68. The van der Waals surface area contributed by atoms with Crippen LogP contribution in [0.25, 0.3) is 0 Å². The van der Waals surface area contributed by atoms with E-state index < -0.39 is 0 Å². The first-order valence-electron chi connectivity index (χ1n) is 4.35. The van der Waals surface area contributed by atoms with Crippen LogP contribution in [0.4, 0.5) is 0 Å². The first-order valence-corrected chi connectivity index (χ1v) is 4.35. The quantitative estimate of drug-likeness (QED) is 0.582.